The molecule has 0 bridgehead atoms. The van der Waals surface area contributed by atoms with Crippen LogP contribution in [0.25, 0.3) is 0 Å². The molecule has 3 heterocycles. The molecule has 0 aliphatic carbocycles. The van der Waals surface area contributed by atoms with Crippen molar-refractivity contribution in [3.05, 3.63) is 16.3 Å². The molecule has 0 unspecified atom stereocenters. The minimum atomic E-state index is 0.0721. The highest BCUT2D eigenvalue weighted by Gasteiger charge is 2.23. The van der Waals surface area contributed by atoms with Crippen molar-refractivity contribution in [1.82, 2.24) is 24.6 Å². The molecule has 0 aromatic carbocycles. The molecule has 2 fully saturated rings. The zero-order valence-electron chi connectivity index (χ0n) is 14.5. The fourth-order valence-corrected chi connectivity index (χ4v) is 3.87. The van der Waals surface area contributed by atoms with Crippen molar-refractivity contribution in [2.45, 2.75) is 64.5 Å². The van der Waals surface area contributed by atoms with Gasteiger partial charge in [-0.2, -0.15) is 5.10 Å². The molecule has 3 rings (SSSR count). The number of rotatable bonds is 5. The molecule has 0 spiro atoms. The Bertz CT molecular complexity index is 536. The van der Waals surface area contributed by atoms with Crippen LogP contribution in [0.3, 0.4) is 0 Å². The maximum atomic E-state index is 12.6. The second-order valence-electron chi connectivity index (χ2n) is 6.91. The third-order valence-electron chi connectivity index (χ3n) is 5.26. The second kappa shape index (κ2) is 8.11. The molecular formula is C17H31N5O. The molecule has 0 saturated carbocycles. The molecule has 1 atom stereocenters. The fourth-order valence-electron chi connectivity index (χ4n) is 3.87. The van der Waals surface area contributed by atoms with E-state index in [2.05, 4.69) is 10.2 Å². The van der Waals surface area contributed by atoms with Crippen molar-refractivity contribution in [2.75, 3.05) is 32.7 Å². The van der Waals surface area contributed by atoms with Crippen LogP contribution in [0.2, 0.25) is 0 Å². The summed E-state index contributed by atoms with van der Waals surface area (Å²) in [5.41, 5.74) is 0.0721. The number of likely N-dealkylation sites (tertiary alicyclic amines) is 1. The van der Waals surface area contributed by atoms with E-state index < -0.39 is 0 Å². The first kappa shape index (κ1) is 16.7. The summed E-state index contributed by atoms with van der Waals surface area (Å²) in [6, 6.07) is 0. The highest BCUT2D eigenvalue weighted by molar-refractivity contribution is 5.00. The van der Waals surface area contributed by atoms with Gasteiger partial charge in [-0.1, -0.05) is 12.8 Å². The van der Waals surface area contributed by atoms with Crippen LogP contribution in [0.1, 0.15) is 57.2 Å². The van der Waals surface area contributed by atoms with Crippen LogP contribution in [0.15, 0.2) is 4.79 Å². The molecule has 1 N–H and O–H groups in total. The van der Waals surface area contributed by atoms with Gasteiger partial charge in [-0.25, -0.2) is 9.48 Å². The van der Waals surface area contributed by atoms with Crippen molar-refractivity contribution in [2.24, 2.45) is 0 Å². The Balaban J connectivity index is 1.69. The lowest BCUT2D eigenvalue weighted by atomic mass is 9.99. The lowest BCUT2D eigenvalue weighted by molar-refractivity contribution is 0.266. The van der Waals surface area contributed by atoms with Gasteiger partial charge in [-0.05, 0) is 52.2 Å². The van der Waals surface area contributed by atoms with E-state index in [4.69, 9.17) is 5.10 Å². The largest absolute Gasteiger partial charge is 0.345 e. The lowest BCUT2D eigenvalue weighted by Gasteiger charge is -2.22. The van der Waals surface area contributed by atoms with Gasteiger partial charge in [0.15, 0.2) is 0 Å². The molecule has 2 aliphatic heterocycles. The monoisotopic (exact) mass is 321 g/mol. The van der Waals surface area contributed by atoms with Gasteiger partial charge in [-0.3, -0.25) is 4.57 Å². The Hall–Kier alpha value is -1.14. The summed E-state index contributed by atoms with van der Waals surface area (Å²) in [5, 5.41) is 8.14. The molecule has 6 heteroatoms. The number of nitrogens with zero attached hydrogens (tertiary/aromatic N) is 4. The zero-order chi connectivity index (χ0) is 16.1. The Morgan fingerprint density at radius 2 is 1.91 bits per heavy atom. The molecule has 6 nitrogen and oxygen atoms in total. The number of hydrogen-bond acceptors (Lipinski definition) is 4. The van der Waals surface area contributed by atoms with Crippen LogP contribution in [0, 0.1) is 0 Å². The maximum Gasteiger partial charge on any atom is 0.345 e. The normalized spacial score (nSPS) is 23.8. The van der Waals surface area contributed by atoms with E-state index in [1.54, 1.807) is 4.68 Å². The average molecular weight is 321 g/mol. The number of nitrogens with one attached hydrogen (secondary N) is 1. The third kappa shape index (κ3) is 4.04. The first-order valence-corrected chi connectivity index (χ1v) is 9.40. The van der Waals surface area contributed by atoms with Crippen molar-refractivity contribution in [1.29, 1.82) is 0 Å². The van der Waals surface area contributed by atoms with Gasteiger partial charge in [-0.15, -0.1) is 0 Å². The van der Waals surface area contributed by atoms with Crippen LogP contribution >= 0.6 is 0 Å². The third-order valence-corrected chi connectivity index (χ3v) is 5.26. The van der Waals surface area contributed by atoms with Gasteiger partial charge in [0.1, 0.15) is 5.82 Å². The fraction of sp³-hybridized carbons (Fsp3) is 0.882. The minimum absolute atomic E-state index is 0.0721. The smallest absolute Gasteiger partial charge is 0.316 e. The number of aromatic nitrogens is 3. The highest BCUT2D eigenvalue weighted by Crippen LogP contribution is 2.20. The van der Waals surface area contributed by atoms with E-state index in [0.717, 1.165) is 38.4 Å². The molecule has 0 radical (unpaired) electrons. The molecule has 1 aromatic heterocycles. The Morgan fingerprint density at radius 3 is 2.57 bits per heavy atom. The van der Waals surface area contributed by atoms with E-state index in [9.17, 15) is 4.79 Å². The van der Waals surface area contributed by atoms with E-state index in [1.165, 1.54) is 45.2 Å². The topological polar surface area (TPSA) is 55.1 Å². The van der Waals surface area contributed by atoms with Gasteiger partial charge in [0.2, 0.25) is 0 Å². The molecule has 1 aromatic rings. The van der Waals surface area contributed by atoms with Crippen LogP contribution in [0.5, 0.6) is 0 Å². The van der Waals surface area contributed by atoms with Gasteiger partial charge in [0.25, 0.3) is 0 Å². The van der Waals surface area contributed by atoms with E-state index >= 15 is 0 Å². The summed E-state index contributed by atoms with van der Waals surface area (Å²) in [5.74, 6) is 1.37. The van der Waals surface area contributed by atoms with Crippen molar-refractivity contribution < 1.29 is 0 Å². The summed E-state index contributed by atoms with van der Waals surface area (Å²) in [4.78, 5) is 15.1. The summed E-state index contributed by atoms with van der Waals surface area (Å²) in [7, 11) is 0. The molecular weight excluding hydrogens is 290 g/mol. The zero-order valence-corrected chi connectivity index (χ0v) is 14.5. The van der Waals surface area contributed by atoms with Crippen molar-refractivity contribution in [3.63, 3.8) is 0 Å². The Labute approximate surface area is 138 Å². The van der Waals surface area contributed by atoms with Gasteiger partial charge in [0.05, 0.1) is 6.54 Å². The maximum absolute atomic E-state index is 12.6. The van der Waals surface area contributed by atoms with Gasteiger partial charge in [0, 0.05) is 25.6 Å². The predicted octanol–water partition coefficient (Wildman–Crippen LogP) is 1.41. The standard InChI is InChI=1S/C17H31N5O/c1-2-21-16(15-8-7-9-18-14-15)19-22(17(21)23)13-12-20-10-5-3-4-6-11-20/h15,18H,2-14H2,1H3/t15-/m1/s1. The van der Waals surface area contributed by atoms with Gasteiger partial charge < -0.3 is 10.2 Å². The summed E-state index contributed by atoms with van der Waals surface area (Å²) < 4.78 is 3.58. The van der Waals surface area contributed by atoms with Gasteiger partial charge >= 0.3 is 5.69 Å². The molecule has 2 aliphatic rings. The summed E-state index contributed by atoms with van der Waals surface area (Å²) in [6.45, 7) is 8.80. The van der Waals surface area contributed by atoms with Crippen molar-refractivity contribution in [3.8, 4) is 0 Å². The van der Waals surface area contributed by atoms with E-state index in [1.807, 2.05) is 11.5 Å². The van der Waals surface area contributed by atoms with Crippen LogP contribution in [0.4, 0.5) is 0 Å². The van der Waals surface area contributed by atoms with Crippen LogP contribution in [-0.4, -0.2) is 52.0 Å². The van der Waals surface area contributed by atoms with Crippen LogP contribution < -0.4 is 11.0 Å². The first-order chi connectivity index (χ1) is 11.3. The quantitative estimate of drug-likeness (QED) is 0.891. The average Bonchev–Trinajstić information content (AvgIpc) is 2.76. The molecule has 2 saturated heterocycles. The molecule has 0 amide bonds. The van der Waals surface area contributed by atoms with E-state index in [-0.39, 0.29) is 5.69 Å². The van der Waals surface area contributed by atoms with Crippen LogP contribution in [-0.2, 0) is 13.1 Å². The second-order valence-corrected chi connectivity index (χ2v) is 6.91. The number of piperidine rings is 1. The first-order valence-electron chi connectivity index (χ1n) is 9.40. The summed E-state index contributed by atoms with van der Waals surface area (Å²) >= 11 is 0. The Kier molecular flexibility index (Phi) is 5.89. The molecule has 23 heavy (non-hydrogen) atoms. The van der Waals surface area contributed by atoms with E-state index in [0.29, 0.717) is 12.5 Å². The lowest BCUT2D eigenvalue weighted by Crippen LogP contribution is -2.33. The SMILES string of the molecule is CCn1c([C@@H]2CCCNC2)nn(CCN2CCCCCC2)c1=O. The van der Waals surface area contributed by atoms with Crippen molar-refractivity contribution >= 4 is 0 Å². The predicted molar refractivity (Wildman–Crippen MR) is 91.9 cm³/mol. The number of hydrogen-bond donors (Lipinski definition) is 1. The summed E-state index contributed by atoms with van der Waals surface area (Å²) in [6.07, 6.45) is 7.58. The molecule has 130 valence electrons. The Morgan fingerprint density at radius 1 is 1.13 bits per heavy atom. The minimum Gasteiger partial charge on any atom is -0.316 e. The highest BCUT2D eigenvalue weighted by atomic mass is 16.2.